The van der Waals surface area contributed by atoms with Gasteiger partial charge in [-0.2, -0.15) is 9.97 Å². The van der Waals surface area contributed by atoms with E-state index in [4.69, 9.17) is 5.73 Å². The Morgan fingerprint density at radius 3 is 2.50 bits per heavy atom. The van der Waals surface area contributed by atoms with Gasteiger partial charge in [0.2, 0.25) is 11.9 Å². The number of piperidine rings is 1. The molecule has 7 nitrogen and oxygen atoms in total. The van der Waals surface area contributed by atoms with Crippen LogP contribution in [0, 0.1) is 0 Å². The third-order valence-corrected chi connectivity index (χ3v) is 3.63. The molecule has 20 heavy (non-hydrogen) atoms. The monoisotopic (exact) mass is 275 g/mol. The largest absolute Gasteiger partial charge is 0.383 e. The summed E-state index contributed by atoms with van der Waals surface area (Å²) in [7, 11) is 0. The van der Waals surface area contributed by atoms with E-state index in [9.17, 15) is 9.59 Å². The average Bonchev–Trinajstić information content (AvgIpc) is 2.78. The van der Waals surface area contributed by atoms with Gasteiger partial charge < -0.3 is 10.6 Å². The molecule has 2 fully saturated rings. The van der Waals surface area contributed by atoms with E-state index in [-0.39, 0.29) is 30.6 Å². The number of rotatable bonds is 2. The third kappa shape index (κ3) is 2.43. The number of carbonyl (C=O) groups excluding carboxylic acids is 2. The first-order valence-electron chi connectivity index (χ1n) is 6.85. The van der Waals surface area contributed by atoms with Gasteiger partial charge in [-0.1, -0.05) is 0 Å². The zero-order valence-corrected chi connectivity index (χ0v) is 11.2. The van der Waals surface area contributed by atoms with E-state index in [1.54, 1.807) is 6.07 Å². The smallest absolute Gasteiger partial charge is 0.237 e. The summed E-state index contributed by atoms with van der Waals surface area (Å²) >= 11 is 0. The molecule has 0 atom stereocenters. The van der Waals surface area contributed by atoms with Crippen LogP contribution in [0.3, 0.4) is 0 Å². The number of aromatic nitrogens is 2. The lowest BCUT2D eigenvalue weighted by atomic mass is 10.1. The summed E-state index contributed by atoms with van der Waals surface area (Å²) in [5.74, 6) is 0.925. The van der Waals surface area contributed by atoms with Gasteiger partial charge in [0.25, 0.3) is 0 Å². The molecule has 0 saturated carbocycles. The molecule has 106 valence electrons. The van der Waals surface area contributed by atoms with Crippen molar-refractivity contribution in [3.05, 3.63) is 6.07 Å². The Bertz CT molecular complexity index is 554. The van der Waals surface area contributed by atoms with Gasteiger partial charge in [-0.05, 0) is 19.3 Å². The molecule has 0 spiro atoms. The van der Waals surface area contributed by atoms with Crippen molar-refractivity contribution < 1.29 is 9.59 Å². The number of ketones is 1. The molecule has 0 aromatic carbocycles. The number of amides is 1. The van der Waals surface area contributed by atoms with E-state index < -0.39 is 0 Å². The topological polar surface area (TPSA) is 92.4 Å². The summed E-state index contributed by atoms with van der Waals surface area (Å²) in [6, 6.07) is 1.72. The lowest BCUT2D eigenvalue weighted by Crippen LogP contribution is -2.32. The van der Waals surface area contributed by atoms with Gasteiger partial charge in [0.15, 0.2) is 5.78 Å². The van der Waals surface area contributed by atoms with Crippen LogP contribution in [0.4, 0.5) is 17.6 Å². The second kappa shape index (κ2) is 5.07. The molecule has 2 aliphatic rings. The fourth-order valence-corrected chi connectivity index (χ4v) is 2.61. The lowest BCUT2D eigenvalue weighted by Gasteiger charge is -2.28. The van der Waals surface area contributed by atoms with Crippen LogP contribution in [-0.2, 0) is 9.59 Å². The van der Waals surface area contributed by atoms with Crippen LogP contribution in [0.2, 0.25) is 0 Å². The number of nitrogens with two attached hydrogens (primary N) is 1. The van der Waals surface area contributed by atoms with E-state index in [2.05, 4.69) is 14.9 Å². The average molecular weight is 275 g/mol. The molecule has 2 N–H and O–H groups in total. The number of nitrogen functional groups attached to an aromatic ring is 1. The van der Waals surface area contributed by atoms with Crippen LogP contribution in [0.25, 0.3) is 0 Å². The van der Waals surface area contributed by atoms with Crippen LogP contribution >= 0.6 is 0 Å². The molecule has 2 aliphatic heterocycles. The first kappa shape index (κ1) is 12.8. The SMILES string of the molecule is Nc1cc(N2CCCCC2)nc(N2CC(=O)CC2=O)n1. The highest BCUT2D eigenvalue weighted by Crippen LogP contribution is 2.23. The number of anilines is 3. The zero-order valence-electron chi connectivity index (χ0n) is 11.2. The van der Waals surface area contributed by atoms with E-state index in [0.717, 1.165) is 31.7 Å². The number of hydrogen-bond donors (Lipinski definition) is 1. The second-order valence-corrected chi connectivity index (χ2v) is 5.19. The van der Waals surface area contributed by atoms with Gasteiger partial charge >= 0.3 is 0 Å². The maximum absolute atomic E-state index is 11.8. The highest BCUT2D eigenvalue weighted by molar-refractivity contribution is 6.14. The van der Waals surface area contributed by atoms with Crippen LogP contribution < -0.4 is 15.5 Å². The van der Waals surface area contributed by atoms with Crippen LogP contribution in [-0.4, -0.2) is 41.3 Å². The molecule has 1 aromatic rings. The number of nitrogens with zero attached hydrogens (tertiary/aromatic N) is 4. The summed E-state index contributed by atoms with van der Waals surface area (Å²) < 4.78 is 0. The van der Waals surface area contributed by atoms with Crippen LogP contribution in [0.5, 0.6) is 0 Å². The van der Waals surface area contributed by atoms with Crippen molar-refractivity contribution in [3.8, 4) is 0 Å². The van der Waals surface area contributed by atoms with Crippen molar-refractivity contribution >= 4 is 29.3 Å². The Labute approximate surface area is 116 Å². The van der Waals surface area contributed by atoms with Crippen LogP contribution in [0.15, 0.2) is 6.07 Å². The maximum Gasteiger partial charge on any atom is 0.237 e. The normalized spacial score (nSPS) is 19.8. The highest BCUT2D eigenvalue weighted by atomic mass is 16.2. The molecule has 2 saturated heterocycles. The fourth-order valence-electron chi connectivity index (χ4n) is 2.61. The molecule has 7 heteroatoms. The summed E-state index contributed by atoms with van der Waals surface area (Å²) in [5.41, 5.74) is 5.81. The Morgan fingerprint density at radius 1 is 1.10 bits per heavy atom. The maximum atomic E-state index is 11.8. The summed E-state index contributed by atoms with van der Waals surface area (Å²) in [4.78, 5) is 35.1. The Balaban J connectivity index is 1.90. The molecular formula is C13H17N5O2. The Hall–Kier alpha value is -2.18. The van der Waals surface area contributed by atoms with E-state index >= 15 is 0 Å². The van der Waals surface area contributed by atoms with E-state index in [0.29, 0.717) is 5.82 Å². The van der Waals surface area contributed by atoms with Crippen molar-refractivity contribution in [3.63, 3.8) is 0 Å². The van der Waals surface area contributed by atoms with E-state index in [1.807, 2.05) is 0 Å². The number of Topliss-reactive ketones (excluding diaryl/α,β-unsaturated/α-hetero) is 1. The fraction of sp³-hybridized carbons (Fsp3) is 0.538. The van der Waals surface area contributed by atoms with Crippen molar-refractivity contribution in [1.82, 2.24) is 9.97 Å². The van der Waals surface area contributed by atoms with Gasteiger partial charge in [0.05, 0.1) is 13.0 Å². The Kier molecular flexibility index (Phi) is 3.25. The van der Waals surface area contributed by atoms with Crippen molar-refractivity contribution in [2.24, 2.45) is 0 Å². The van der Waals surface area contributed by atoms with Crippen molar-refractivity contribution in [2.45, 2.75) is 25.7 Å². The third-order valence-electron chi connectivity index (χ3n) is 3.63. The standard InChI is InChI=1S/C13H17N5O2/c14-10-7-11(17-4-2-1-3-5-17)16-13(15-10)18-8-9(19)6-12(18)20/h7H,1-6,8H2,(H2,14,15,16). The predicted octanol–water partition coefficient (Wildman–Crippen LogP) is 0.355. The quantitative estimate of drug-likeness (QED) is 0.783. The second-order valence-electron chi connectivity index (χ2n) is 5.19. The molecule has 3 rings (SSSR count). The van der Waals surface area contributed by atoms with Crippen molar-refractivity contribution in [1.29, 1.82) is 0 Å². The predicted molar refractivity (Wildman–Crippen MR) is 74.5 cm³/mol. The summed E-state index contributed by atoms with van der Waals surface area (Å²) in [6.45, 7) is 1.91. The highest BCUT2D eigenvalue weighted by Gasteiger charge is 2.31. The molecule has 1 amide bonds. The van der Waals surface area contributed by atoms with Gasteiger partial charge in [0.1, 0.15) is 11.6 Å². The first-order chi connectivity index (χ1) is 9.63. The Morgan fingerprint density at radius 2 is 1.85 bits per heavy atom. The number of hydrogen-bond acceptors (Lipinski definition) is 6. The molecule has 0 unspecified atom stereocenters. The molecular weight excluding hydrogens is 258 g/mol. The van der Waals surface area contributed by atoms with Crippen molar-refractivity contribution in [2.75, 3.05) is 35.2 Å². The molecule has 1 aromatic heterocycles. The van der Waals surface area contributed by atoms with Gasteiger partial charge in [0, 0.05) is 19.2 Å². The summed E-state index contributed by atoms with van der Waals surface area (Å²) in [6.07, 6.45) is 3.40. The summed E-state index contributed by atoms with van der Waals surface area (Å²) in [5, 5.41) is 0. The van der Waals surface area contributed by atoms with E-state index in [1.165, 1.54) is 11.3 Å². The molecule has 3 heterocycles. The molecule has 0 radical (unpaired) electrons. The minimum absolute atomic E-state index is 0.0434. The van der Waals surface area contributed by atoms with Gasteiger partial charge in [-0.15, -0.1) is 0 Å². The molecule has 0 bridgehead atoms. The zero-order chi connectivity index (χ0) is 14.1. The minimum Gasteiger partial charge on any atom is -0.383 e. The van der Waals surface area contributed by atoms with Crippen LogP contribution in [0.1, 0.15) is 25.7 Å². The number of carbonyl (C=O) groups is 2. The lowest BCUT2D eigenvalue weighted by molar-refractivity contribution is -0.121. The van der Waals surface area contributed by atoms with Gasteiger partial charge in [-0.25, -0.2) is 0 Å². The first-order valence-corrected chi connectivity index (χ1v) is 6.85. The molecule has 0 aliphatic carbocycles. The van der Waals surface area contributed by atoms with Gasteiger partial charge in [-0.3, -0.25) is 14.5 Å². The minimum atomic E-state index is -0.259.